The van der Waals surface area contributed by atoms with Crippen molar-refractivity contribution in [1.82, 2.24) is 10.2 Å². The van der Waals surface area contributed by atoms with E-state index >= 15 is 0 Å². The van der Waals surface area contributed by atoms with Gasteiger partial charge in [0.25, 0.3) is 0 Å². The second-order valence-corrected chi connectivity index (χ2v) is 7.58. The van der Waals surface area contributed by atoms with Crippen LogP contribution in [0.3, 0.4) is 0 Å². The number of carbonyl (C=O) groups excluding carboxylic acids is 2. The van der Waals surface area contributed by atoms with Gasteiger partial charge in [0.15, 0.2) is 0 Å². The summed E-state index contributed by atoms with van der Waals surface area (Å²) in [4.78, 5) is 26.6. The quantitative estimate of drug-likeness (QED) is 0.721. The molecular weight excluding hydrogens is 356 g/mol. The molecule has 2 rings (SSSR count). The third-order valence-corrected chi connectivity index (χ3v) is 5.50. The molecule has 1 unspecified atom stereocenters. The first kappa shape index (κ1) is 21.0. The number of aryl methyl sites for hydroxylation is 1. The number of likely N-dealkylation sites (N-methyl/N-ethyl adjacent to an activating group) is 1. The molecule has 0 saturated carbocycles. The maximum Gasteiger partial charge on any atom is 0.242 e. The molecule has 0 bridgehead atoms. The predicted octanol–water partition coefficient (Wildman–Crippen LogP) is 3.43. The van der Waals surface area contributed by atoms with Gasteiger partial charge in [-0.15, -0.1) is 11.8 Å². The van der Waals surface area contributed by atoms with Crippen LogP contribution >= 0.6 is 11.8 Å². The number of hydrogen-bond acceptors (Lipinski definition) is 3. The van der Waals surface area contributed by atoms with Crippen LogP contribution in [0, 0.1) is 6.92 Å². The highest BCUT2D eigenvalue weighted by atomic mass is 32.2. The average molecular weight is 385 g/mol. The molecular formula is C22H28N2O2S. The van der Waals surface area contributed by atoms with Gasteiger partial charge in [0, 0.05) is 19.3 Å². The van der Waals surface area contributed by atoms with E-state index in [2.05, 4.69) is 36.5 Å². The third kappa shape index (κ3) is 6.75. The summed E-state index contributed by atoms with van der Waals surface area (Å²) in [5.74, 6) is 1.01. The summed E-state index contributed by atoms with van der Waals surface area (Å²) in [5.41, 5.74) is 3.59. The van der Waals surface area contributed by atoms with E-state index in [1.807, 2.05) is 30.3 Å². The summed E-state index contributed by atoms with van der Waals surface area (Å²) in [5, 5.41) is 2.65. The van der Waals surface area contributed by atoms with Gasteiger partial charge in [-0.1, -0.05) is 60.2 Å². The van der Waals surface area contributed by atoms with Gasteiger partial charge < -0.3 is 10.2 Å². The van der Waals surface area contributed by atoms with E-state index in [0.717, 1.165) is 17.7 Å². The Morgan fingerprint density at radius 3 is 2.33 bits per heavy atom. The average Bonchev–Trinajstić information content (AvgIpc) is 2.69. The monoisotopic (exact) mass is 384 g/mol. The molecule has 0 radical (unpaired) electrons. The van der Waals surface area contributed by atoms with E-state index in [-0.39, 0.29) is 11.8 Å². The van der Waals surface area contributed by atoms with Crippen LogP contribution in [-0.2, 0) is 21.8 Å². The first-order chi connectivity index (χ1) is 13.0. The van der Waals surface area contributed by atoms with E-state index in [1.165, 1.54) is 11.1 Å². The number of hydrogen-bond donors (Lipinski definition) is 1. The van der Waals surface area contributed by atoms with Gasteiger partial charge in [0.2, 0.25) is 11.8 Å². The van der Waals surface area contributed by atoms with Gasteiger partial charge in [-0.3, -0.25) is 9.59 Å². The van der Waals surface area contributed by atoms with Gasteiger partial charge >= 0.3 is 0 Å². The molecule has 0 aliphatic heterocycles. The molecule has 0 fully saturated rings. The molecule has 0 aliphatic rings. The maximum atomic E-state index is 12.8. The lowest BCUT2D eigenvalue weighted by Crippen LogP contribution is -2.48. The number of thioether (sulfide) groups is 1. The van der Waals surface area contributed by atoms with E-state index in [4.69, 9.17) is 0 Å². The molecule has 2 aromatic carbocycles. The van der Waals surface area contributed by atoms with Gasteiger partial charge in [-0.05, 0) is 31.4 Å². The van der Waals surface area contributed by atoms with E-state index in [9.17, 15) is 9.59 Å². The van der Waals surface area contributed by atoms with Crippen LogP contribution in [0.15, 0.2) is 54.6 Å². The molecule has 27 heavy (non-hydrogen) atoms. The SMILES string of the molecule is CNC(=O)C(C)N(CCc1ccccc1)C(=O)CSCc1ccc(C)cc1. The zero-order valence-corrected chi connectivity index (χ0v) is 17.1. The third-order valence-electron chi connectivity index (χ3n) is 4.51. The number of amides is 2. The maximum absolute atomic E-state index is 12.8. The van der Waals surface area contributed by atoms with Gasteiger partial charge in [-0.2, -0.15) is 0 Å². The topological polar surface area (TPSA) is 49.4 Å². The number of nitrogens with one attached hydrogen (secondary N) is 1. The smallest absolute Gasteiger partial charge is 0.242 e. The minimum Gasteiger partial charge on any atom is -0.357 e. The Kier molecular flexibility index (Phi) is 8.40. The molecule has 0 heterocycles. The van der Waals surface area contributed by atoms with Gasteiger partial charge in [0.1, 0.15) is 6.04 Å². The Balaban J connectivity index is 1.94. The highest BCUT2D eigenvalue weighted by Crippen LogP contribution is 2.15. The summed E-state index contributed by atoms with van der Waals surface area (Å²) >= 11 is 1.58. The Bertz CT molecular complexity index is 732. The number of benzene rings is 2. The molecule has 1 N–H and O–H groups in total. The minimum atomic E-state index is -0.480. The lowest BCUT2D eigenvalue weighted by molar-refractivity contribution is -0.137. The summed E-state index contributed by atoms with van der Waals surface area (Å²) in [6.07, 6.45) is 0.733. The van der Waals surface area contributed by atoms with Crippen molar-refractivity contribution in [2.24, 2.45) is 0 Å². The zero-order valence-electron chi connectivity index (χ0n) is 16.3. The Morgan fingerprint density at radius 2 is 1.70 bits per heavy atom. The molecule has 4 nitrogen and oxygen atoms in total. The minimum absolute atomic E-state index is 0.000794. The molecule has 144 valence electrons. The van der Waals surface area contributed by atoms with Crippen LogP contribution in [0.1, 0.15) is 23.6 Å². The molecule has 2 aromatic rings. The fourth-order valence-corrected chi connectivity index (χ4v) is 3.67. The van der Waals surface area contributed by atoms with Gasteiger partial charge in [0.05, 0.1) is 5.75 Å². The van der Waals surface area contributed by atoms with Crippen LogP contribution in [0.25, 0.3) is 0 Å². The molecule has 1 atom stereocenters. The Labute approximate surface area is 166 Å². The Morgan fingerprint density at radius 1 is 1.04 bits per heavy atom. The van der Waals surface area contributed by atoms with Crippen molar-refractivity contribution in [3.8, 4) is 0 Å². The molecule has 2 amide bonds. The largest absolute Gasteiger partial charge is 0.357 e. The van der Waals surface area contributed by atoms with Crippen molar-refractivity contribution in [2.75, 3.05) is 19.3 Å². The second-order valence-electron chi connectivity index (χ2n) is 6.59. The van der Waals surface area contributed by atoms with Crippen molar-refractivity contribution in [3.63, 3.8) is 0 Å². The van der Waals surface area contributed by atoms with Crippen molar-refractivity contribution < 1.29 is 9.59 Å². The summed E-state index contributed by atoms with van der Waals surface area (Å²) in [6.45, 7) is 4.38. The van der Waals surface area contributed by atoms with Crippen LogP contribution in [0.4, 0.5) is 0 Å². The lowest BCUT2D eigenvalue weighted by atomic mass is 10.1. The van der Waals surface area contributed by atoms with Crippen LogP contribution in [0.5, 0.6) is 0 Å². The standard InChI is InChI=1S/C22H28N2O2S/c1-17-9-11-20(12-10-17)15-27-16-21(25)24(18(2)22(26)23-3)14-13-19-7-5-4-6-8-19/h4-12,18H,13-16H2,1-3H3,(H,23,26). The van der Waals surface area contributed by atoms with Crippen molar-refractivity contribution in [2.45, 2.75) is 32.1 Å². The van der Waals surface area contributed by atoms with Crippen molar-refractivity contribution in [1.29, 1.82) is 0 Å². The summed E-state index contributed by atoms with van der Waals surface area (Å²) < 4.78 is 0. The fraction of sp³-hybridized carbons (Fsp3) is 0.364. The fourth-order valence-electron chi connectivity index (χ4n) is 2.80. The normalized spacial score (nSPS) is 11.7. The summed E-state index contributed by atoms with van der Waals surface area (Å²) in [7, 11) is 1.60. The van der Waals surface area contributed by atoms with Crippen LogP contribution in [0.2, 0.25) is 0 Å². The molecule has 0 aliphatic carbocycles. The molecule has 0 aromatic heterocycles. The molecule has 0 spiro atoms. The molecule has 5 heteroatoms. The number of nitrogens with zero attached hydrogens (tertiary/aromatic N) is 1. The number of rotatable bonds is 9. The van der Waals surface area contributed by atoms with Crippen molar-refractivity contribution >= 4 is 23.6 Å². The van der Waals surface area contributed by atoms with Crippen molar-refractivity contribution in [3.05, 3.63) is 71.3 Å². The molecule has 0 saturated heterocycles. The Hall–Kier alpha value is -2.27. The van der Waals surface area contributed by atoms with Crippen LogP contribution < -0.4 is 5.32 Å². The number of carbonyl (C=O) groups is 2. The zero-order chi connectivity index (χ0) is 19.6. The van der Waals surface area contributed by atoms with Gasteiger partial charge in [-0.25, -0.2) is 0 Å². The van der Waals surface area contributed by atoms with E-state index < -0.39 is 6.04 Å². The highest BCUT2D eigenvalue weighted by Gasteiger charge is 2.24. The lowest BCUT2D eigenvalue weighted by Gasteiger charge is -2.28. The predicted molar refractivity (Wildman–Crippen MR) is 113 cm³/mol. The van der Waals surface area contributed by atoms with Crippen LogP contribution in [-0.4, -0.2) is 42.1 Å². The highest BCUT2D eigenvalue weighted by molar-refractivity contribution is 7.99. The van der Waals surface area contributed by atoms with E-state index in [0.29, 0.717) is 12.3 Å². The van der Waals surface area contributed by atoms with E-state index in [1.54, 1.807) is 30.6 Å². The summed E-state index contributed by atoms with van der Waals surface area (Å²) in [6, 6.07) is 17.9. The first-order valence-corrected chi connectivity index (χ1v) is 10.3. The first-order valence-electron chi connectivity index (χ1n) is 9.19. The second kappa shape index (κ2) is 10.8.